The van der Waals surface area contributed by atoms with Crippen molar-refractivity contribution in [2.45, 2.75) is 32.6 Å². The van der Waals surface area contributed by atoms with Crippen LogP contribution >= 0.6 is 12.4 Å². The lowest BCUT2D eigenvalue weighted by atomic mass is 9.70. The highest BCUT2D eigenvalue weighted by atomic mass is 35.5. The van der Waals surface area contributed by atoms with Gasteiger partial charge in [-0.05, 0) is 48.4 Å². The third-order valence-electron chi connectivity index (χ3n) is 4.31. The molecule has 0 radical (unpaired) electrons. The Kier molecular flexibility index (Phi) is 4.04. The van der Waals surface area contributed by atoms with Crippen molar-refractivity contribution >= 4 is 24.0 Å². The van der Waals surface area contributed by atoms with E-state index in [-0.39, 0.29) is 18.3 Å². The lowest BCUT2D eigenvalue weighted by molar-refractivity contribution is 0.0890. The lowest BCUT2D eigenvalue weighted by Crippen LogP contribution is -2.39. The quantitative estimate of drug-likeness (QED) is 0.894. The third kappa shape index (κ3) is 2.86. The minimum absolute atomic E-state index is 0. The van der Waals surface area contributed by atoms with Crippen molar-refractivity contribution in [3.63, 3.8) is 0 Å². The van der Waals surface area contributed by atoms with Crippen LogP contribution in [0, 0.1) is 5.41 Å². The smallest absolute Gasteiger partial charge is 0.251 e. The predicted octanol–water partition coefficient (Wildman–Crippen LogP) is 3.00. The molecule has 19 heavy (non-hydrogen) atoms. The number of benzene rings is 1. The summed E-state index contributed by atoms with van der Waals surface area (Å²) >= 11 is 0. The number of rotatable bonds is 3. The van der Waals surface area contributed by atoms with E-state index in [0.717, 1.165) is 25.1 Å². The first-order chi connectivity index (χ1) is 8.66. The zero-order valence-electron chi connectivity index (χ0n) is 11.3. The van der Waals surface area contributed by atoms with Gasteiger partial charge in [-0.3, -0.25) is 4.79 Å². The molecule has 104 valence electrons. The van der Waals surface area contributed by atoms with Crippen molar-refractivity contribution < 1.29 is 4.79 Å². The zero-order valence-corrected chi connectivity index (χ0v) is 12.1. The molecule has 3 rings (SSSR count). The number of hydrogen-bond acceptors (Lipinski definition) is 2. The number of anilines is 1. The number of carbonyl (C=O) groups excluding carboxylic acids is 1. The van der Waals surface area contributed by atoms with E-state index in [1.165, 1.54) is 30.5 Å². The van der Waals surface area contributed by atoms with E-state index in [0.29, 0.717) is 5.41 Å². The average Bonchev–Trinajstić information content (AvgIpc) is 2.80. The number of nitrogens with one attached hydrogen (secondary N) is 2. The molecule has 1 aromatic rings. The van der Waals surface area contributed by atoms with E-state index in [4.69, 9.17) is 0 Å². The molecule has 0 spiro atoms. The van der Waals surface area contributed by atoms with Gasteiger partial charge >= 0.3 is 0 Å². The van der Waals surface area contributed by atoms with Crippen LogP contribution in [0.3, 0.4) is 0 Å². The fraction of sp³-hybridized carbons (Fsp3) is 0.533. The van der Waals surface area contributed by atoms with Crippen LogP contribution in [0.25, 0.3) is 0 Å². The van der Waals surface area contributed by atoms with Gasteiger partial charge in [-0.1, -0.05) is 13.3 Å². The number of carbonyl (C=O) groups is 1. The van der Waals surface area contributed by atoms with E-state index in [2.05, 4.69) is 17.6 Å². The van der Waals surface area contributed by atoms with Gasteiger partial charge in [0.25, 0.3) is 5.91 Å². The monoisotopic (exact) mass is 280 g/mol. The molecular formula is C15H21ClN2O. The van der Waals surface area contributed by atoms with Crippen LogP contribution in [-0.4, -0.2) is 19.0 Å². The molecule has 1 amide bonds. The first-order valence-corrected chi connectivity index (χ1v) is 6.81. The molecule has 1 saturated carbocycles. The highest BCUT2D eigenvalue weighted by Crippen LogP contribution is 2.39. The Labute approximate surface area is 120 Å². The van der Waals surface area contributed by atoms with Crippen LogP contribution in [0.2, 0.25) is 0 Å². The Morgan fingerprint density at radius 1 is 1.42 bits per heavy atom. The largest absolute Gasteiger partial charge is 0.384 e. The molecule has 1 fully saturated rings. The summed E-state index contributed by atoms with van der Waals surface area (Å²) in [5.41, 5.74) is 3.57. The van der Waals surface area contributed by atoms with Crippen molar-refractivity contribution in [2.24, 2.45) is 5.41 Å². The van der Waals surface area contributed by atoms with Gasteiger partial charge in [-0.15, -0.1) is 12.4 Å². The van der Waals surface area contributed by atoms with Gasteiger partial charge in [0.05, 0.1) is 0 Å². The van der Waals surface area contributed by atoms with E-state index < -0.39 is 0 Å². The second kappa shape index (κ2) is 5.41. The van der Waals surface area contributed by atoms with Crippen LogP contribution in [0.5, 0.6) is 0 Å². The van der Waals surface area contributed by atoms with Crippen LogP contribution in [0.4, 0.5) is 5.69 Å². The summed E-state index contributed by atoms with van der Waals surface area (Å²) in [6.07, 6.45) is 4.80. The van der Waals surface area contributed by atoms with E-state index in [1.807, 2.05) is 18.2 Å². The Morgan fingerprint density at radius 2 is 2.21 bits per heavy atom. The summed E-state index contributed by atoms with van der Waals surface area (Å²) in [7, 11) is 0. The van der Waals surface area contributed by atoms with Gasteiger partial charge in [0.1, 0.15) is 0 Å². The minimum Gasteiger partial charge on any atom is -0.384 e. The maximum Gasteiger partial charge on any atom is 0.251 e. The summed E-state index contributed by atoms with van der Waals surface area (Å²) < 4.78 is 0. The van der Waals surface area contributed by atoms with Gasteiger partial charge in [0.15, 0.2) is 0 Å². The van der Waals surface area contributed by atoms with Crippen molar-refractivity contribution in [3.05, 3.63) is 29.3 Å². The molecule has 1 aromatic carbocycles. The van der Waals surface area contributed by atoms with Crippen molar-refractivity contribution in [2.75, 3.05) is 18.4 Å². The van der Waals surface area contributed by atoms with Crippen LogP contribution in [-0.2, 0) is 6.42 Å². The predicted molar refractivity (Wildman–Crippen MR) is 80.2 cm³/mol. The van der Waals surface area contributed by atoms with Crippen LogP contribution in [0.15, 0.2) is 18.2 Å². The summed E-state index contributed by atoms with van der Waals surface area (Å²) in [5.74, 6) is 0.0674. The Bertz CT molecular complexity index is 483. The number of amides is 1. The summed E-state index contributed by atoms with van der Waals surface area (Å²) in [5, 5.41) is 6.38. The highest BCUT2D eigenvalue weighted by molar-refractivity contribution is 5.95. The van der Waals surface area contributed by atoms with Gasteiger partial charge in [-0.2, -0.15) is 0 Å². The first kappa shape index (κ1) is 14.2. The van der Waals surface area contributed by atoms with E-state index in [9.17, 15) is 4.79 Å². The lowest BCUT2D eigenvalue weighted by Gasteiger charge is -2.38. The maximum absolute atomic E-state index is 12.1. The second-order valence-corrected chi connectivity index (χ2v) is 5.90. The number of halogens is 1. The number of hydrogen-bond donors (Lipinski definition) is 2. The summed E-state index contributed by atoms with van der Waals surface area (Å²) in [6.45, 7) is 4.04. The topological polar surface area (TPSA) is 41.1 Å². The molecule has 0 saturated heterocycles. The van der Waals surface area contributed by atoms with Gasteiger partial charge in [-0.25, -0.2) is 0 Å². The zero-order chi connectivity index (χ0) is 12.6. The third-order valence-corrected chi connectivity index (χ3v) is 4.31. The Morgan fingerprint density at radius 3 is 2.89 bits per heavy atom. The molecule has 2 aliphatic rings. The molecule has 0 bridgehead atoms. The van der Waals surface area contributed by atoms with Crippen molar-refractivity contribution in [1.82, 2.24) is 5.32 Å². The van der Waals surface area contributed by atoms with Crippen molar-refractivity contribution in [1.29, 1.82) is 0 Å². The van der Waals surface area contributed by atoms with Gasteiger partial charge < -0.3 is 10.6 Å². The molecule has 1 aliphatic heterocycles. The minimum atomic E-state index is 0. The molecule has 0 atom stereocenters. The fourth-order valence-electron chi connectivity index (χ4n) is 2.80. The normalized spacial score (nSPS) is 18.6. The van der Waals surface area contributed by atoms with Crippen LogP contribution < -0.4 is 10.6 Å². The highest BCUT2D eigenvalue weighted by Gasteiger charge is 2.31. The molecule has 3 nitrogen and oxygen atoms in total. The first-order valence-electron chi connectivity index (χ1n) is 6.81. The molecule has 2 N–H and O–H groups in total. The average molecular weight is 281 g/mol. The van der Waals surface area contributed by atoms with E-state index >= 15 is 0 Å². The van der Waals surface area contributed by atoms with Gasteiger partial charge in [0, 0.05) is 24.3 Å². The molecule has 1 aliphatic carbocycles. The molecule has 0 unspecified atom stereocenters. The summed E-state index contributed by atoms with van der Waals surface area (Å²) in [4.78, 5) is 12.1. The Balaban J connectivity index is 0.00000133. The van der Waals surface area contributed by atoms with E-state index in [1.54, 1.807) is 0 Å². The maximum atomic E-state index is 12.1. The van der Waals surface area contributed by atoms with Crippen LogP contribution in [0.1, 0.15) is 42.1 Å². The molecular weight excluding hydrogens is 260 g/mol. The summed E-state index contributed by atoms with van der Waals surface area (Å²) in [6, 6.07) is 5.95. The SMILES string of the molecule is CC1(CNC(=O)c2ccc3c(c2)CCN3)CCC1.Cl. The van der Waals surface area contributed by atoms with Crippen molar-refractivity contribution in [3.8, 4) is 0 Å². The Hall–Kier alpha value is -1.22. The number of fused-ring (bicyclic) bond motifs is 1. The molecule has 0 aromatic heterocycles. The molecule has 4 heteroatoms. The van der Waals surface area contributed by atoms with Gasteiger partial charge in [0.2, 0.25) is 0 Å². The standard InChI is InChI=1S/C15H20N2O.ClH/c1-15(6-2-7-15)10-17-14(18)12-3-4-13-11(9-12)5-8-16-13;/h3-4,9,16H,2,5-8,10H2,1H3,(H,17,18);1H. The second-order valence-electron chi connectivity index (χ2n) is 5.90. The molecule has 1 heterocycles. The fourth-order valence-corrected chi connectivity index (χ4v) is 2.80.